The summed E-state index contributed by atoms with van der Waals surface area (Å²) in [7, 11) is 0. The Balaban J connectivity index is 3.22. The van der Waals surface area contributed by atoms with E-state index in [0.29, 0.717) is 10.0 Å². The predicted molar refractivity (Wildman–Crippen MR) is 56.3 cm³/mol. The van der Waals surface area contributed by atoms with Crippen molar-refractivity contribution in [3.05, 3.63) is 46.5 Å². The molecular weight excluding hydrogens is 271 g/mol. The minimum absolute atomic E-state index is 0.375. The van der Waals surface area contributed by atoms with Gasteiger partial charge in [-0.15, -0.1) is 6.58 Å². The summed E-state index contributed by atoms with van der Waals surface area (Å²) in [6.45, 7) is 3.44. The fraction of sp³-hybridized carbons (Fsp3) is 0.200. The summed E-state index contributed by atoms with van der Waals surface area (Å²) in [6, 6.07) is 2.75. The lowest BCUT2D eigenvalue weighted by Crippen LogP contribution is -2.11. The van der Waals surface area contributed by atoms with Gasteiger partial charge in [0.1, 0.15) is 0 Å². The fourth-order valence-electron chi connectivity index (χ4n) is 1.10. The van der Waals surface area contributed by atoms with Gasteiger partial charge in [0, 0.05) is 10.5 Å². The molecule has 5 heteroatoms. The van der Waals surface area contributed by atoms with E-state index in [0.717, 1.165) is 12.1 Å². The molecule has 1 nitrogen and oxygen atoms in total. The maximum atomic E-state index is 12.4. The van der Waals surface area contributed by atoms with Crippen LogP contribution in [0.2, 0.25) is 0 Å². The maximum absolute atomic E-state index is 12.4. The van der Waals surface area contributed by atoms with Crippen LogP contribution in [0.15, 0.2) is 35.3 Å². The van der Waals surface area contributed by atoms with Crippen molar-refractivity contribution in [2.45, 2.75) is 12.2 Å². The number of rotatable bonds is 2. The Hall–Kier alpha value is -0.810. The molecule has 0 heterocycles. The minimum Gasteiger partial charge on any atom is -0.321 e. The predicted octanol–water partition coefficient (Wildman–Crippen LogP) is 3.65. The molecule has 0 fully saturated rings. The topological polar surface area (TPSA) is 26.0 Å². The van der Waals surface area contributed by atoms with Gasteiger partial charge in [-0.05, 0) is 23.8 Å². The van der Waals surface area contributed by atoms with Crippen LogP contribution in [-0.2, 0) is 6.18 Å². The van der Waals surface area contributed by atoms with Crippen molar-refractivity contribution in [3.8, 4) is 0 Å². The third-order valence-electron chi connectivity index (χ3n) is 1.94. The smallest absolute Gasteiger partial charge is 0.321 e. The molecule has 0 radical (unpaired) electrons. The Morgan fingerprint density at radius 1 is 1.40 bits per heavy atom. The van der Waals surface area contributed by atoms with Crippen molar-refractivity contribution in [1.29, 1.82) is 0 Å². The molecule has 0 aromatic heterocycles. The summed E-state index contributed by atoms with van der Waals surface area (Å²) in [5.41, 5.74) is 5.26. The Morgan fingerprint density at radius 3 is 2.47 bits per heavy atom. The van der Waals surface area contributed by atoms with Gasteiger partial charge in [-0.25, -0.2) is 0 Å². The Bertz CT molecular complexity index is 373. The summed E-state index contributed by atoms with van der Waals surface area (Å²) >= 11 is 3.14. The molecule has 0 saturated carbocycles. The van der Waals surface area contributed by atoms with E-state index in [2.05, 4.69) is 22.5 Å². The van der Waals surface area contributed by atoms with Crippen LogP contribution in [0, 0.1) is 0 Å². The van der Waals surface area contributed by atoms with Crippen molar-refractivity contribution >= 4 is 15.9 Å². The largest absolute Gasteiger partial charge is 0.416 e. The zero-order chi connectivity index (χ0) is 11.6. The Kier molecular flexibility index (Phi) is 3.57. The lowest BCUT2D eigenvalue weighted by atomic mass is 10.0. The van der Waals surface area contributed by atoms with Crippen LogP contribution in [0.25, 0.3) is 0 Å². The minimum atomic E-state index is -4.35. The van der Waals surface area contributed by atoms with E-state index in [1.165, 1.54) is 12.1 Å². The van der Waals surface area contributed by atoms with E-state index < -0.39 is 17.8 Å². The van der Waals surface area contributed by atoms with Crippen molar-refractivity contribution in [1.82, 2.24) is 0 Å². The Labute approximate surface area is 93.9 Å². The number of hydrogen-bond donors (Lipinski definition) is 1. The standard InChI is InChI=1S/C10H9BrF3N/c1-2-9(15)7-5-6(10(12,13)14)3-4-8(7)11/h2-5,9H,1,15H2. The van der Waals surface area contributed by atoms with Crippen LogP contribution >= 0.6 is 15.9 Å². The van der Waals surface area contributed by atoms with Crippen molar-refractivity contribution in [2.24, 2.45) is 5.73 Å². The van der Waals surface area contributed by atoms with Crippen LogP contribution in [0.1, 0.15) is 17.2 Å². The quantitative estimate of drug-likeness (QED) is 0.822. The van der Waals surface area contributed by atoms with Gasteiger partial charge in [-0.1, -0.05) is 22.0 Å². The highest BCUT2D eigenvalue weighted by Crippen LogP contribution is 2.33. The zero-order valence-electron chi connectivity index (χ0n) is 7.68. The van der Waals surface area contributed by atoms with Crippen molar-refractivity contribution in [3.63, 3.8) is 0 Å². The van der Waals surface area contributed by atoms with Gasteiger partial charge < -0.3 is 5.73 Å². The van der Waals surface area contributed by atoms with Gasteiger partial charge in [0.25, 0.3) is 0 Å². The van der Waals surface area contributed by atoms with Crippen molar-refractivity contribution in [2.75, 3.05) is 0 Å². The molecule has 0 aliphatic carbocycles. The molecular formula is C10H9BrF3N. The first-order valence-corrected chi connectivity index (χ1v) is 4.90. The normalized spacial score (nSPS) is 13.7. The first-order valence-electron chi connectivity index (χ1n) is 4.11. The molecule has 1 aromatic carbocycles. The number of hydrogen-bond acceptors (Lipinski definition) is 1. The molecule has 0 saturated heterocycles. The average Bonchev–Trinajstić information content (AvgIpc) is 2.15. The summed E-state index contributed by atoms with van der Waals surface area (Å²) in [4.78, 5) is 0. The number of halogens is 4. The summed E-state index contributed by atoms with van der Waals surface area (Å²) < 4.78 is 37.7. The zero-order valence-corrected chi connectivity index (χ0v) is 9.27. The lowest BCUT2D eigenvalue weighted by molar-refractivity contribution is -0.137. The van der Waals surface area contributed by atoms with E-state index in [9.17, 15) is 13.2 Å². The van der Waals surface area contributed by atoms with Gasteiger partial charge in [0.15, 0.2) is 0 Å². The SMILES string of the molecule is C=CC(N)c1cc(C(F)(F)F)ccc1Br. The van der Waals surface area contributed by atoms with E-state index in [1.807, 2.05) is 0 Å². The number of alkyl halides is 3. The van der Waals surface area contributed by atoms with Gasteiger partial charge in [0.2, 0.25) is 0 Å². The van der Waals surface area contributed by atoms with Crippen LogP contribution in [0.4, 0.5) is 13.2 Å². The molecule has 1 atom stereocenters. The molecule has 0 spiro atoms. The highest BCUT2D eigenvalue weighted by atomic mass is 79.9. The van der Waals surface area contributed by atoms with Gasteiger partial charge in [0.05, 0.1) is 5.56 Å². The third kappa shape index (κ3) is 2.82. The maximum Gasteiger partial charge on any atom is 0.416 e. The monoisotopic (exact) mass is 279 g/mol. The van der Waals surface area contributed by atoms with Crippen molar-refractivity contribution < 1.29 is 13.2 Å². The molecule has 2 N–H and O–H groups in total. The molecule has 1 rings (SSSR count). The molecule has 1 aromatic rings. The van der Waals surface area contributed by atoms with E-state index in [-0.39, 0.29) is 0 Å². The van der Waals surface area contributed by atoms with Crippen LogP contribution in [0.5, 0.6) is 0 Å². The molecule has 0 amide bonds. The van der Waals surface area contributed by atoms with Crippen LogP contribution in [-0.4, -0.2) is 0 Å². The molecule has 0 aliphatic rings. The fourth-order valence-corrected chi connectivity index (χ4v) is 1.61. The third-order valence-corrected chi connectivity index (χ3v) is 2.66. The molecule has 82 valence electrons. The van der Waals surface area contributed by atoms with Gasteiger partial charge in [-0.2, -0.15) is 13.2 Å². The van der Waals surface area contributed by atoms with Gasteiger partial charge >= 0.3 is 6.18 Å². The lowest BCUT2D eigenvalue weighted by Gasteiger charge is -2.13. The first-order chi connectivity index (χ1) is 6.86. The van der Waals surface area contributed by atoms with E-state index in [1.54, 1.807) is 0 Å². The molecule has 0 aliphatic heterocycles. The van der Waals surface area contributed by atoms with E-state index in [4.69, 9.17) is 5.73 Å². The highest BCUT2D eigenvalue weighted by molar-refractivity contribution is 9.10. The number of benzene rings is 1. The second-order valence-electron chi connectivity index (χ2n) is 3.00. The van der Waals surface area contributed by atoms with Crippen LogP contribution < -0.4 is 5.73 Å². The molecule has 1 unspecified atom stereocenters. The van der Waals surface area contributed by atoms with E-state index >= 15 is 0 Å². The highest BCUT2D eigenvalue weighted by Gasteiger charge is 2.31. The average molecular weight is 280 g/mol. The summed E-state index contributed by atoms with van der Waals surface area (Å²) in [5.74, 6) is 0. The Morgan fingerprint density at radius 2 is 2.00 bits per heavy atom. The summed E-state index contributed by atoms with van der Waals surface area (Å²) in [6.07, 6.45) is -2.96. The second kappa shape index (κ2) is 4.37. The molecule has 0 bridgehead atoms. The van der Waals surface area contributed by atoms with Gasteiger partial charge in [-0.3, -0.25) is 0 Å². The second-order valence-corrected chi connectivity index (χ2v) is 3.85. The number of nitrogens with two attached hydrogens (primary N) is 1. The van der Waals surface area contributed by atoms with Crippen LogP contribution in [0.3, 0.4) is 0 Å². The molecule has 15 heavy (non-hydrogen) atoms. The summed E-state index contributed by atoms with van der Waals surface area (Å²) in [5, 5.41) is 0. The first kappa shape index (κ1) is 12.3.